The molecule has 0 unspecified atom stereocenters. The van der Waals surface area contributed by atoms with Crippen molar-refractivity contribution in [1.29, 1.82) is 0 Å². The first-order valence-electron chi connectivity index (χ1n) is 7.72. The van der Waals surface area contributed by atoms with Gasteiger partial charge in [0.25, 0.3) is 0 Å². The van der Waals surface area contributed by atoms with Crippen molar-refractivity contribution in [3.05, 3.63) is 23.7 Å². The highest BCUT2D eigenvalue weighted by Gasteiger charge is 2.39. The van der Waals surface area contributed by atoms with Gasteiger partial charge < -0.3 is 24.9 Å². The Morgan fingerprint density at radius 1 is 1.36 bits per heavy atom. The van der Waals surface area contributed by atoms with Crippen LogP contribution >= 0.6 is 0 Å². The number of hydrogen-bond donors (Lipinski definition) is 3. The van der Waals surface area contributed by atoms with E-state index in [1.807, 2.05) is 26.8 Å². The molecular formula is C16H26N2O4. The molecule has 0 atom stereocenters. The lowest BCUT2D eigenvalue weighted by Gasteiger charge is -2.42. The van der Waals surface area contributed by atoms with Crippen molar-refractivity contribution in [3.63, 3.8) is 0 Å². The van der Waals surface area contributed by atoms with Crippen LogP contribution in [0.25, 0.3) is 0 Å². The maximum Gasteiger partial charge on any atom is 0.408 e. The average Bonchev–Trinajstić information content (AvgIpc) is 2.81. The van der Waals surface area contributed by atoms with Crippen LogP contribution in [0.4, 0.5) is 4.79 Å². The van der Waals surface area contributed by atoms with Gasteiger partial charge >= 0.3 is 6.09 Å². The second-order valence-corrected chi connectivity index (χ2v) is 6.89. The minimum atomic E-state index is -0.489. The van der Waals surface area contributed by atoms with E-state index in [9.17, 15) is 4.79 Å². The molecule has 22 heavy (non-hydrogen) atoms. The van der Waals surface area contributed by atoms with E-state index in [4.69, 9.17) is 14.3 Å². The Hall–Kier alpha value is -1.53. The summed E-state index contributed by atoms with van der Waals surface area (Å²) in [6.07, 6.45) is 2.63. The van der Waals surface area contributed by atoms with E-state index in [2.05, 4.69) is 10.6 Å². The van der Waals surface area contributed by atoms with Gasteiger partial charge in [0.05, 0.1) is 12.1 Å². The average molecular weight is 310 g/mol. The summed E-state index contributed by atoms with van der Waals surface area (Å²) in [5, 5.41) is 15.3. The highest BCUT2D eigenvalue weighted by Crippen LogP contribution is 2.31. The predicted molar refractivity (Wildman–Crippen MR) is 82.3 cm³/mol. The van der Waals surface area contributed by atoms with Gasteiger partial charge in [0, 0.05) is 6.54 Å². The number of furan rings is 1. The number of aliphatic hydroxyl groups excluding tert-OH is 1. The van der Waals surface area contributed by atoms with Crippen LogP contribution in [-0.2, 0) is 17.9 Å². The van der Waals surface area contributed by atoms with Crippen LogP contribution in [-0.4, -0.2) is 28.9 Å². The molecule has 0 saturated heterocycles. The molecule has 1 aliphatic rings. The number of nitrogens with one attached hydrogen (secondary N) is 2. The van der Waals surface area contributed by atoms with Crippen LogP contribution in [0.2, 0.25) is 0 Å². The van der Waals surface area contributed by atoms with E-state index in [1.165, 1.54) is 0 Å². The third kappa shape index (κ3) is 4.74. The SMILES string of the molecule is CC(C)(C)OC(=O)NC1(CNCc2ccc(CO)o2)CCC1. The topological polar surface area (TPSA) is 83.7 Å². The Morgan fingerprint density at radius 3 is 2.55 bits per heavy atom. The fourth-order valence-corrected chi connectivity index (χ4v) is 2.50. The summed E-state index contributed by atoms with van der Waals surface area (Å²) in [6, 6.07) is 3.60. The van der Waals surface area contributed by atoms with Crippen molar-refractivity contribution in [3.8, 4) is 0 Å². The molecule has 1 saturated carbocycles. The molecule has 6 heteroatoms. The van der Waals surface area contributed by atoms with Crippen molar-refractivity contribution in [2.45, 2.75) is 64.3 Å². The van der Waals surface area contributed by atoms with Crippen LogP contribution < -0.4 is 10.6 Å². The van der Waals surface area contributed by atoms with Gasteiger partial charge in [0.1, 0.15) is 23.7 Å². The largest absolute Gasteiger partial charge is 0.462 e. The fraction of sp³-hybridized carbons (Fsp3) is 0.688. The Labute approximate surface area is 131 Å². The summed E-state index contributed by atoms with van der Waals surface area (Å²) in [5.74, 6) is 1.33. The zero-order chi connectivity index (χ0) is 16.2. The first-order valence-corrected chi connectivity index (χ1v) is 7.72. The fourth-order valence-electron chi connectivity index (χ4n) is 2.50. The molecule has 124 valence electrons. The maximum atomic E-state index is 11.9. The molecule has 1 fully saturated rings. The van der Waals surface area contributed by atoms with E-state index < -0.39 is 5.60 Å². The highest BCUT2D eigenvalue weighted by molar-refractivity contribution is 5.69. The first-order chi connectivity index (χ1) is 10.3. The lowest BCUT2D eigenvalue weighted by Crippen LogP contribution is -2.59. The van der Waals surface area contributed by atoms with E-state index in [0.717, 1.165) is 25.0 Å². The molecule has 6 nitrogen and oxygen atoms in total. The summed E-state index contributed by atoms with van der Waals surface area (Å²) in [7, 11) is 0. The molecule has 2 rings (SSSR count). The summed E-state index contributed by atoms with van der Waals surface area (Å²) < 4.78 is 10.7. The van der Waals surface area contributed by atoms with Crippen LogP contribution in [0.15, 0.2) is 16.5 Å². The quantitative estimate of drug-likeness (QED) is 0.751. The smallest absolute Gasteiger partial charge is 0.408 e. The number of rotatable bonds is 6. The number of aliphatic hydroxyl groups is 1. The molecule has 1 heterocycles. The molecular weight excluding hydrogens is 284 g/mol. The van der Waals surface area contributed by atoms with Gasteiger partial charge in [0.15, 0.2) is 0 Å². The van der Waals surface area contributed by atoms with Crippen LogP contribution in [0.3, 0.4) is 0 Å². The lowest BCUT2D eigenvalue weighted by molar-refractivity contribution is 0.0382. The van der Waals surface area contributed by atoms with Crippen molar-refractivity contribution >= 4 is 6.09 Å². The second kappa shape index (κ2) is 6.71. The van der Waals surface area contributed by atoms with Gasteiger partial charge in [-0.25, -0.2) is 4.79 Å². The number of alkyl carbamates (subject to hydrolysis) is 1. The monoisotopic (exact) mass is 310 g/mol. The number of amides is 1. The highest BCUT2D eigenvalue weighted by atomic mass is 16.6. The molecule has 1 amide bonds. The standard InChI is InChI=1S/C16H26N2O4/c1-15(2,3)22-14(20)18-16(7-4-8-16)11-17-9-12-5-6-13(10-19)21-12/h5-6,17,19H,4,7-11H2,1-3H3,(H,18,20). The Balaban J connectivity index is 1.79. The van der Waals surface area contributed by atoms with Gasteiger partial charge in [-0.3, -0.25) is 0 Å². The number of carbonyl (C=O) groups excluding carboxylic acids is 1. The molecule has 1 aromatic rings. The summed E-state index contributed by atoms with van der Waals surface area (Å²) in [6.45, 7) is 6.71. The Bertz CT molecular complexity index is 500. The molecule has 1 aliphatic carbocycles. The maximum absolute atomic E-state index is 11.9. The molecule has 0 aromatic carbocycles. The Kier molecular flexibility index (Phi) is 5.13. The van der Waals surface area contributed by atoms with Crippen LogP contribution in [0.5, 0.6) is 0 Å². The van der Waals surface area contributed by atoms with E-state index >= 15 is 0 Å². The molecule has 0 aliphatic heterocycles. The van der Waals surface area contributed by atoms with Gasteiger partial charge in [0.2, 0.25) is 0 Å². The van der Waals surface area contributed by atoms with E-state index in [1.54, 1.807) is 6.07 Å². The zero-order valence-electron chi connectivity index (χ0n) is 13.6. The number of ether oxygens (including phenoxy) is 1. The minimum absolute atomic E-state index is 0.0931. The lowest BCUT2D eigenvalue weighted by atomic mass is 9.76. The Morgan fingerprint density at radius 2 is 2.05 bits per heavy atom. The van der Waals surface area contributed by atoms with Gasteiger partial charge in [-0.2, -0.15) is 0 Å². The third-order valence-electron chi connectivity index (χ3n) is 3.71. The van der Waals surface area contributed by atoms with E-state index in [-0.39, 0.29) is 18.2 Å². The normalized spacial score (nSPS) is 16.9. The minimum Gasteiger partial charge on any atom is -0.462 e. The molecule has 0 radical (unpaired) electrons. The molecule has 1 aromatic heterocycles. The van der Waals surface area contributed by atoms with Crippen LogP contribution in [0.1, 0.15) is 51.6 Å². The van der Waals surface area contributed by atoms with Crippen molar-refractivity contribution < 1.29 is 19.1 Å². The summed E-state index contributed by atoms with van der Waals surface area (Å²) >= 11 is 0. The van der Waals surface area contributed by atoms with Crippen molar-refractivity contribution in [1.82, 2.24) is 10.6 Å². The van der Waals surface area contributed by atoms with Crippen molar-refractivity contribution in [2.75, 3.05) is 6.54 Å². The molecule has 0 bridgehead atoms. The zero-order valence-corrected chi connectivity index (χ0v) is 13.6. The summed E-state index contributed by atoms with van der Waals surface area (Å²) in [5.41, 5.74) is -0.716. The second-order valence-electron chi connectivity index (χ2n) is 6.89. The number of carbonyl (C=O) groups is 1. The number of hydrogen-bond acceptors (Lipinski definition) is 5. The van der Waals surface area contributed by atoms with Gasteiger partial charge in [-0.1, -0.05) is 0 Å². The van der Waals surface area contributed by atoms with E-state index in [0.29, 0.717) is 18.8 Å². The van der Waals surface area contributed by atoms with Gasteiger partial charge in [-0.05, 0) is 52.2 Å². The first kappa shape index (κ1) is 16.8. The third-order valence-corrected chi connectivity index (χ3v) is 3.71. The summed E-state index contributed by atoms with van der Waals surface area (Å²) in [4.78, 5) is 11.9. The van der Waals surface area contributed by atoms with Gasteiger partial charge in [-0.15, -0.1) is 0 Å². The molecule has 3 N–H and O–H groups in total. The van der Waals surface area contributed by atoms with Crippen molar-refractivity contribution in [2.24, 2.45) is 0 Å². The predicted octanol–water partition coefficient (Wildman–Crippen LogP) is 2.31. The molecule has 0 spiro atoms. The van der Waals surface area contributed by atoms with Crippen LogP contribution in [0, 0.1) is 0 Å².